The molecule has 1 aromatic heterocycles. The van der Waals surface area contributed by atoms with Gasteiger partial charge in [-0.2, -0.15) is 0 Å². The van der Waals surface area contributed by atoms with E-state index in [0.29, 0.717) is 12.6 Å². The Labute approximate surface area is 101 Å². The van der Waals surface area contributed by atoms with Crippen LogP contribution in [0.5, 0.6) is 0 Å². The van der Waals surface area contributed by atoms with Crippen LogP contribution in [0.1, 0.15) is 24.8 Å². The number of nitrogens with two attached hydrogens (primary N) is 1. The Morgan fingerprint density at radius 2 is 2.44 bits per heavy atom. The molecule has 1 aromatic rings. The maximum absolute atomic E-state index is 5.94. The van der Waals surface area contributed by atoms with Crippen LogP contribution in [0.3, 0.4) is 0 Å². The summed E-state index contributed by atoms with van der Waals surface area (Å²) in [6.07, 6.45) is 0. The predicted octanol–water partition coefficient (Wildman–Crippen LogP) is 1.86. The first kappa shape index (κ1) is 12.0. The van der Waals surface area contributed by atoms with Crippen LogP contribution in [-0.2, 0) is 4.74 Å². The standard InChI is InChI=1S/C12H20N2OS/c1-12(2)9-15-6-5-14(12)10(8-13)11-4-3-7-16-11/h3-4,7,10H,5-6,8-9,13H2,1-2H3. The highest BCUT2D eigenvalue weighted by Gasteiger charge is 2.35. The van der Waals surface area contributed by atoms with Crippen molar-refractivity contribution in [3.63, 3.8) is 0 Å². The van der Waals surface area contributed by atoms with Gasteiger partial charge in [-0.1, -0.05) is 6.07 Å². The SMILES string of the molecule is CC1(C)COCCN1C(CN)c1cccs1. The third kappa shape index (κ3) is 2.30. The van der Waals surface area contributed by atoms with Gasteiger partial charge in [0.1, 0.15) is 0 Å². The molecule has 2 heterocycles. The van der Waals surface area contributed by atoms with Gasteiger partial charge in [0, 0.05) is 23.5 Å². The second-order valence-corrected chi connectivity index (χ2v) is 5.80. The van der Waals surface area contributed by atoms with Gasteiger partial charge in [-0.3, -0.25) is 4.90 Å². The Morgan fingerprint density at radius 1 is 1.62 bits per heavy atom. The lowest BCUT2D eigenvalue weighted by molar-refractivity contribution is -0.0706. The van der Waals surface area contributed by atoms with Gasteiger partial charge >= 0.3 is 0 Å². The van der Waals surface area contributed by atoms with E-state index in [9.17, 15) is 0 Å². The van der Waals surface area contributed by atoms with Crippen molar-refractivity contribution < 1.29 is 4.74 Å². The van der Waals surface area contributed by atoms with E-state index in [0.717, 1.165) is 19.8 Å². The summed E-state index contributed by atoms with van der Waals surface area (Å²) in [5, 5.41) is 2.12. The Bertz CT molecular complexity index is 324. The van der Waals surface area contributed by atoms with Crippen molar-refractivity contribution >= 4 is 11.3 Å². The van der Waals surface area contributed by atoms with Crippen molar-refractivity contribution in [1.29, 1.82) is 0 Å². The molecular weight excluding hydrogens is 220 g/mol. The maximum Gasteiger partial charge on any atom is 0.0645 e. The van der Waals surface area contributed by atoms with Crippen molar-refractivity contribution in [1.82, 2.24) is 4.90 Å². The van der Waals surface area contributed by atoms with Gasteiger partial charge in [-0.15, -0.1) is 11.3 Å². The molecule has 90 valence electrons. The predicted molar refractivity (Wildman–Crippen MR) is 67.7 cm³/mol. The molecule has 2 rings (SSSR count). The van der Waals surface area contributed by atoms with Gasteiger partial charge in [0.05, 0.1) is 19.3 Å². The van der Waals surface area contributed by atoms with Gasteiger partial charge in [0.15, 0.2) is 0 Å². The monoisotopic (exact) mass is 240 g/mol. The molecule has 0 amide bonds. The number of thiophene rings is 1. The van der Waals surface area contributed by atoms with Gasteiger partial charge in [-0.05, 0) is 25.3 Å². The topological polar surface area (TPSA) is 38.5 Å². The van der Waals surface area contributed by atoms with Gasteiger partial charge in [0.25, 0.3) is 0 Å². The van der Waals surface area contributed by atoms with E-state index in [2.05, 4.69) is 36.3 Å². The number of ether oxygens (including phenoxy) is 1. The van der Waals surface area contributed by atoms with Crippen LogP contribution in [0.25, 0.3) is 0 Å². The minimum absolute atomic E-state index is 0.0757. The van der Waals surface area contributed by atoms with Gasteiger partial charge in [-0.25, -0.2) is 0 Å². The lowest BCUT2D eigenvalue weighted by Gasteiger charge is -2.46. The summed E-state index contributed by atoms with van der Waals surface area (Å²) in [5.41, 5.74) is 6.02. The number of morpholine rings is 1. The first-order chi connectivity index (χ1) is 7.65. The third-order valence-electron chi connectivity index (χ3n) is 3.18. The fraction of sp³-hybridized carbons (Fsp3) is 0.667. The van der Waals surface area contributed by atoms with Crippen LogP contribution in [0.2, 0.25) is 0 Å². The fourth-order valence-corrected chi connectivity index (χ4v) is 3.18. The highest BCUT2D eigenvalue weighted by atomic mass is 32.1. The van der Waals surface area contributed by atoms with Crippen molar-refractivity contribution in [2.45, 2.75) is 25.4 Å². The summed E-state index contributed by atoms with van der Waals surface area (Å²) >= 11 is 1.79. The molecule has 0 radical (unpaired) electrons. The third-order valence-corrected chi connectivity index (χ3v) is 4.15. The molecule has 0 aromatic carbocycles. The molecule has 16 heavy (non-hydrogen) atoms. The average molecular weight is 240 g/mol. The van der Waals surface area contributed by atoms with Crippen molar-refractivity contribution in [3.8, 4) is 0 Å². The normalized spacial score (nSPS) is 23.2. The van der Waals surface area contributed by atoms with Crippen LogP contribution in [0, 0.1) is 0 Å². The van der Waals surface area contributed by atoms with E-state index in [-0.39, 0.29) is 5.54 Å². The summed E-state index contributed by atoms with van der Waals surface area (Å²) in [6, 6.07) is 4.60. The molecule has 1 aliphatic rings. The summed E-state index contributed by atoms with van der Waals surface area (Å²) in [5.74, 6) is 0. The van der Waals surface area contributed by atoms with E-state index in [1.165, 1.54) is 4.88 Å². The van der Waals surface area contributed by atoms with Crippen LogP contribution < -0.4 is 5.73 Å². The highest BCUT2D eigenvalue weighted by molar-refractivity contribution is 7.10. The first-order valence-corrected chi connectivity index (χ1v) is 6.61. The minimum Gasteiger partial charge on any atom is -0.378 e. The fourth-order valence-electron chi connectivity index (χ4n) is 2.33. The van der Waals surface area contributed by atoms with Crippen LogP contribution in [-0.4, -0.2) is 36.7 Å². The second kappa shape index (κ2) is 4.84. The first-order valence-electron chi connectivity index (χ1n) is 5.73. The molecule has 1 unspecified atom stereocenters. The largest absolute Gasteiger partial charge is 0.378 e. The van der Waals surface area contributed by atoms with E-state index in [1.807, 2.05) is 0 Å². The molecule has 0 spiro atoms. The molecule has 1 fully saturated rings. The van der Waals surface area contributed by atoms with Gasteiger partial charge in [0.2, 0.25) is 0 Å². The zero-order valence-electron chi connectivity index (χ0n) is 9.98. The van der Waals surface area contributed by atoms with Crippen molar-refractivity contribution in [2.75, 3.05) is 26.3 Å². The maximum atomic E-state index is 5.94. The van der Waals surface area contributed by atoms with Gasteiger partial charge < -0.3 is 10.5 Å². The quantitative estimate of drug-likeness (QED) is 0.876. The van der Waals surface area contributed by atoms with Crippen LogP contribution in [0.15, 0.2) is 17.5 Å². The summed E-state index contributed by atoms with van der Waals surface area (Å²) < 4.78 is 5.55. The number of nitrogens with zero attached hydrogens (tertiary/aromatic N) is 1. The summed E-state index contributed by atoms with van der Waals surface area (Å²) in [7, 11) is 0. The molecule has 0 saturated carbocycles. The molecule has 2 N–H and O–H groups in total. The molecule has 1 aliphatic heterocycles. The lowest BCUT2D eigenvalue weighted by Crippen LogP contribution is -2.55. The number of hydrogen-bond donors (Lipinski definition) is 1. The Morgan fingerprint density at radius 3 is 3.00 bits per heavy atom. The van der Waals surface area contributed by atoms with Crippen LogP contribution >= 0.6 is 11.3 Å². The summed E-state index contributed by atoms with van der Waals surface area (Å²) in [4.78, 5) is 3.83. The van der Waals surface area contributed by atoms with E-state index in [4.69, 9.17) is 10.5 Å². The molecule has 0 aliphatic carbocycles. The average Bonchev–Trinajstić information content (AvgIpc) is 2.75. The Kier molecular flexibility index (Phi) is 3.64. The second-order valence-electron chi connectivity index (χ2n) is 4.83. The van der Waals surface area contributed by atoms with E-state index >= 15 is 0 Å². The molecule has 1 saturated heterocycles. The smallest absolute Gasteiger partial charge is 0.0645 e. The van der Waals surface area contributed by atoms with Crippen molar-refractivity contribution in [3.05, 3.63) is 22.4 Å². The zero-order valence-corrected chi connectivity index (χ0v) is 10.8. The zero-order chi connectivity index (χ0) is 11.6. The molecule has 1 atom stereocenters. The lowest BCUT2D eigenvalue weighted by atomic mass is 9.99. The minimum atomic E-state index is 0.0757. The molecule has 4 heteroatoms. The van der Waals surface area contributed by atoms with E-state index < -0.39 is 0 Å². The van der Waals surface area contributed by atoms with Crippen molar-refractivity contribution in [2.24, 2.45) is 5.73 Å². The Balaban J connectivity index is 2.20. The number of rotatable bonds is 3. The summed E-state index contributed by atoms with van der Waals surface area (Å²) in [6.45, 7) is 7.68. The molecule has 3 nitrogen and oxygen atoms in total. The number of hydrogen-bond acceptors (Lipinski definition) is 4. The highest BCUT2D eigenvalue weighted by Crippen LogP contribution is 2.32. The van der Waals surface area contributed by atoms with Crippen LogP contribution in [0.4, 0.5) is 0 Å². The van der Waals surface area contributed by atoms with E-state index in [1.54, 1.807) is 11.3 Å². The molecular formula is C12H20N2OS. The molecule has 0 bridgehead atoms. The Hall–Kier alpha value is -0.420.